The van der Waals surface area contributed by atoms with Crippen LogP contribution < -0.4 is 5.32 Å². The molecular formula is C10H16N2O2. The lowest BCUT2D eigenvalue weighted by Gasteiger charge is -2.40. The Hall–Kier alpha value is -0.840. The van der Waals surface area contributed by atoms with E-state index >= 15 is 0 Å². The van der Waals surface area contributed by atoms with E-state index in [0.29, 0.717) is 13.2 Å². The van der Waals surface area contributed by atoms with Crippen molar-refractivity contribution in [2.75, 3.05) is 26.4 Å². The Morgan fingerprint density at radius 3 is 2.93 bits per heavy atom. The molecule has 0 aliphatic carbocycles. The highest BCUT2D eigenvalue weighted by Gasteiger charge is 2.37. The third-order valence-electron chi connectivity index (χ3n) is 2.64. The Morgan fingerprint density at radius 2 is 2.43 bits per heavy atom. The fraction of sp³-hybridized carbons (Fsp3) is 0.600. The number of aliphatic hydroxyl groups is 1. The summed E-state index contributed by atoms with van der Waals surface area (Å²) in [5.74, 6) is 0. The van der Waals surface area contributed by atoms with Crippen molar-refractivity contribution in [2.45, 2.75) is 6.54 Å². The summed E-state index contributed by atoms with van der Waals surface area (Å²) in [7, 11) is 0. The molecule has 0 radical (unpaired) electrons. The third-order valence-corrected chi connectivity index (χ3v) is 2.64. The first-order chi connectivity index (χ1) is 6.85. The lowest BCUT2D eigenvalue weighted by molar-refractivity contribution is -0.134. The van der Waals surface area contributed by atoms with Gasteiger partial charge < -0.3 is 20.1 Å². The summed E-state index contributed by atoms with van der Waals surface area (Å²) in [4.78, 5) is 3.01. The van der Waals surface area contributed by atoms with Crippen LogP contribution in [0.3, 0.4) is 0 Å². The van der Waals surface area contributed by atoms with E-state index in [1.807, 2.05) is 18.5 Å². The quantitative estimate of drug-likeness (QED) is 0.626. The number of hydrogen-bond acceptors (Lipinski definition) is 3. The molecule has 3 N–H and O–H groups in total. The molecule has 1 fully saturated rings. The molecule has 1 aromatic heterocycles. The minimum Gasteiger partial charge on any atom is -0.396 e. The summed E-state index contributed by atoms with van der Waals surface area (Å²) in [5, 5.41) is 12.5. The molecule has 0 atom stereocenters. The molecule has 1 aliphatic heterocycles. The molecule has 14 heavy (non-hydrogen) atoms. The van der Waals surface area contributed by atoms with Crippen molar-refractivity contribution in [1.82, 2.24) is 10.3 Å². The molecule has 0 amide bonds. The zero-order valence-electron chi connectivity index (χ0n) is 8.12. The topological polar surface area (TPSA) is 57.3 Å². The molecule has 0 saturated carbocycles. The maximum absolute atomic E-state index is 9.17. The van der Waals surface area contributed by atoms with Gasteiger partial charge in [-0.15, -0.1) is 0 Å². The van der Waals surface area contributed by atoms with E-state index in [2.05, 4.69) is 10.3 Å². The van der Waals surface area contributed by atoms with E-state index in [0.717, 1.165) is 13.1 Å². The molecule has 78 valence electrons. The second kappa shape index (κ2) is 4.13. The van der Waals surface area contributed by atoms with Gasteiger partial charge in [0.05, 0.1) is 25.2 Å². The highest BCUT2D eigenvalue weighted by Crippen LogP contribution is 2.25. The van der Waals surface area contributed by atoms with Gasteiger partial charge in [-0.1, -0.05) is 0 Å². The van der Waals surface area contributed by atoms with Crippen LogP contribution in [-0.2, 0) is 11.3 Å². The minimum absolute atomic E-state index is 0.0314. The highest BCUT2D eigenvalue weighted by molar-refractivity contribution is 5.07. The monoisotopic (exact) mass is 196 g/mol. The molecule has 1 saturated heterocycles. The van der Waals surface area contributed by atoms with Crippen molar-refractivity contribution in [3.8, 4) is 0 Å². The number of aliphatic hydroxyl groups excluding tert-OH is 1. The van der Waals surface area contributed by atoms with E-state index < -0.39 is 0 Å². The standard InChI is InChI=1S/C10H16N2O2/c13-6-10(7-14-8-10)5-12-4-9-1-2-11-3-9/h1-3,11-13H,4-8H2. The molecule has 0 bridgehead atoms. The summed E-state index contributed by atoms with van der Waals surface area (Å²) in [6.07, 6.45) is 3.88. The van der Waals surface area contributed by atoms with Crippen LogP contribution >= 0.6 is 0 Å². The lowest BCUT2D eigenvalue weighted by atomic mass is 9.87. The molecule has 4 heteroatoms. The Kier molecular flexibility index (Phi) is 2.86. The average molecular weight is 196 g/mol. The Bertz CT molecular complexity index is 262. The highest BCUT2D eigenvalue weighted by atomic mass is 16.5. The fourth-order valence-corrected chi connectivity index (χ4v) is 1.58. The van der Waals surface area contributed by atoms with Crippen LogP contribution in [0.4, 0.5) is 0 Å². The summed E-state index contributed by atoms with van der Waals surface area (Å²) in [6, 6.07) is 2.04. The summed E-state index contributed by atoms with van der Waals surface area (Å²) >= 11 is 0. The van der Waals surface area contributed by atoms with E-state index in [-0.39, 0.29) is 12.0 Å². The van der Waals surface area contributed by atoms with Gasteiger partial charge in [0.15, 0.2) is 0 Å². The van der Waals surface area contributed by atoms with Crippen LogP contribution in [0.25, 0.3) is 0 Å². The van der Waals surface area contributed by atoms with Gasteiger partial charge in [0, 0.05) is 25.5 Å². The average Bonchev–Trinajstić information content (AvgIpc) is 2.62. The number of rotatable bonds is 5. The zero-order valence-corrected chi connectivity index (χ0v) is 8.12. The molecule has 0 aromatic carbocycles. The summed E-state index contributed by atoms with van der Waals surface area (Å²) in [5.41, 5.74) is 1.20. The second-order valence-corrected chi connectivity index (χ2v) is 3.97. The van der Waals surface area contributed by atoms with Gasteiger partial charge in [-0.05, 0) is 11.6 Å². The van der Waals surface area contributed by atoms with Gasteiger partial charge in [0.1, 0.15) is 0 Å². The predicted octanol–water partition coefficient (Wildman–Crippen LogP) is 0.113. The van der Waals surface area contributed by atoms with Crippen LogP contribution in [0, 0.1) is 5.41 Å². The number of aromatic nitrogens is 1. The van der Waals surface area contributed by atoms with Gasteiger partial charge in [-0.25, -0.2) is 0 Å². The number of hydrogen-bond donors (Lipinski definition) is 3. The molecular weight excluding hydrogens is 180 g/mol. The Balaban J connectivity index is 1.72. The van der Waals surface area contributed by atoms with Crippen molar-refractivity contribution >= 4 is 0 Å². The smallest absolute Gasteiger partial charge is 0.0579 e. The first-order valence-electron chi connectivity index (χ1n) is 4.86. The molecule has 2 heterocycles. The van der Waals surface area contributed by atoms with E-state index in [1.165, 1.54) is 5.56 Å². The zero-order chi connectivity index (χ0) is 9.86. The summed E-state index contributed by atoms with van der Waals surface area (Å²) < 4.78 is 5.11. The van der Waals surface area contributed by atoms with Crippen molar-refractivity contribution in [3.05, 3.63) is 24.0 Å². The van der Waals surface area contributed by atoms with E-state index in [4.69, 9.17) is 9.84 Å². The summed E-state index contributed by atoms with van der Waals surface area (Å²) in [6.45, 7) is 3.19. The Labute approximate surface area is 83.3 Å². The van der Waals surface area contributed by atoms with Gasteiger partial charge in [-0.2, -0.15) is 0 Å². The SMILES string of the molecule is OCC1(CNCc2cc[nH]c2)COC1. The van der Waals surface area contributed by atoms with Crippen LogP contribution in [0.2, 0.25) is 0 Å². The maximum Gasteiger partial charge on any atom is 0.0579 e. The largest absolute Gasteiger partial charge is 0.396 e. The predicted molar refractivity (Wildman–Crippen MR) is 52.8 cm³/mol. The van der Waals surface area contributed by atoms with Gasteiger partial charge in [0.25, 0.3) is 0 Å². The molecule has 1 aliphatic rings. The van der Waals surface area contributed by atoms with Crippen molar-refractivity contribution in [1.29, 1.82) is 0 Å². The first-order valence-corrected chi connectivity index (χ1v) is 4.86. The molecule has 1 aromatic rings. The lowest BCUT2D eigenvalue weighted by Crippen LogP contribution is -2.52. The van der Waals surface area contributed by atoms with E-state index in [1.54, 1.807) is 0 Å². The van der Waals surface area contributed by atoms with E-state index in [9.17, 15) is 0 Å². The van der Waals surface area contributed by atoms with Crippen molar-refractivity contribution < 1.29 is 9.84 Å². The Morgan fingerprint density at radius 1 is 1.57 bits per heavy atom. The molecule has 2 rings (SSSR count). The maximum atomic E-state index is 9.17. The molecule has 4 nitrogen and oxygen atoms in total. The number of ether oxygens (including phenoxy) is 1. The molecule has 0 unspecified atom stereocenters. The van der Waals surface area contributed by atoms with Gasteiger partial charge in [-0.3, -0.25) is 0 Å². The first kappa shape index (κ1) is 9.71. The number of aromatic amines is 1. The van der Waals surface area contributed by atoms with Crippen molar-refractivity contribution in [3.63, 3.8) is 0 Å². The van der Waals surface area contributed by atoms with Crippen molar-refractivity contribution in [2.24, 2.45) is 5.41 Å². The number of nitrogens with one attached hydrogen (secondary N) is 2. The normalized spacial score (nSPS) is 19.2. The van der Waals surface area contributed by atoms with Gasteiger partial charge in [0.2, 0.25) is 0 Å². The second-order valence-electron chi connectivity index (χ2n) is 3.97. The van der Waals surface area contributed by atoms with Crippen LogP contribution in [-0.4, -0.2) is 36.5 Å². The molecule has 0 spiro atoms. The van der Waals surface area contributed by atoms with Crippen LogP contribution in [0.15, 0.2) is 18.5 Å². The fourth-order valence-electron chi connectivity index (χ4n) is 1.58. The van der Waals surface area contributed by atoms with Crippen LogP contribution in [0.5, 0.6) is 0 Å². The third kappa shape index (κ3) is 1.97. The minimum atomic E-state index is -0.0314. The van der Waals surface area contributed by atoms with Gasteiger partial charge >= 0.3 is 0 Å². The van der Waals surface area contributed by atoms with Crippen LogP contribution in [0.1, 0.15) is 5.56 Å². The number of H-pyrrole nitrogens is 1.